The topological polar surface area (TPSA) is 46.9 Å². The molecule has 3 aromatic rings. The van der Waals surface area contributed by atoms with Gasteiger partial charge in [-0.05, 0) is 42.0 Å². The number of morpholine rings is 1. The maximum atomic E-state index is 10.8. The van der Waals surface area contributed by atoms with Crippen LogP contribution in [0.2, 0.25) is 0 Å². The van der Waals surface area contributed by atoms with Crippen molar-refractivity contribution < 1.29 is 14.6 Å². The minimum Gasteiger partial charge on any atom is -0.497 e. The summed E-state index contributed by atoms with van der Waals surface area (Å²) in [5, 5.41) is 11.9. The summed E-state index contributed by atoms with van der Waals surface area (Å²) in [6.45, 7) is 4.49. The Bertz CT molecular complexity index is 882. The smallest absolute Gasteiger partial charge is 0.118 e. The van der Waals surface area contributed by atoms with E-state index < -0.39 is 6.10 Å². The molecule has 0 spiro atoms. The molecule has 1 aromatic heterocycles. The van der Waals surface area contributed by atoms with Crippen LogP contribution in [0.25, 0.3) is 22.2 Å². The van der Waals surface area contributed by atoms with Gasteiger partial charge in [-0.15, -0.1) is 0 Å². The molecule has 1 N–H and O–H groups in total. The minimum atomic E-state index is -0.434. The number of hydrogen-bond donors (Lipinski definition) is 1. The Labute approximate surface area is 159 Å². The van der Waals surface area contributed by atoms with Crippen molar-refractivity contribution in [1.82, 2.24) is 9.47 Å². The molecule has 5 heteroatoms. The Hall–Kier alpha value is -2.34. The van der Waals surface area contributed by atoms with Crippen LogP contribution in [-0.2, 0) is 11.3 Å². The van der Waals surface area contributed by atoms with E-state index in [0.29, 0.717) is 13.1 Å². The quantitative estimate of drug-likeness (QED) is 0.729. The lowest BCUT2D eigenvalue weighted by Gasteiger charge is -2.29. The summed E-state index contributed by atoms with van der Waals surface area (Å²) >= 11 is 0. The molecule has 5 nitrogen and oxygen atoms in total. The van der Waals surface area contributed by atoms with E-state index in [2.05, 4.69) is 45.9 Å². The van der Waals surface area contributed by atoms with Crippen LogP contribution in [0.1, 0.15) is 0 Å². The maximum absolute atomic E-state index is 10.8. The number of hydrogen-bond acceptors (Lipinski definition) is 4. The van der Waals surface area contributed by atoms with Crippen LogP contribution >= 0.6 is 0 Å². The Morgan fingerprint density at radius 2 is 1.78 bits per heavy atom. The Morgan fingerprint density at radius 1 is 1.04 bits per heavy atom. The molecule has 2 heterocycles. The minimum absolute atomic E-state index is 0.434. The van der Waals surface area contributed by atoms with E-state index in [-0.39, 0.29) is 0 Å². The number of nitrogens with zero attached hydrogens (tertiary/aromatic N) is 2. The zero-order valence-corrected chi connectivity index (χ0v) is 15.7. The van der Waals surface area contributed by atoms with Crippen LogP contribution < -0.4 is 4.74 Å². The van der Waals surface area contributed by atoms with E-state index in [0.717, 1.165) is 48.8 Å². The van der Waals surface area contributed by atoms with Gasteiger partial charge in [0, 0.05) is 36.2 Å². The van der Waals surface area contributed by atoms with Crippen molar-refractivity contribution in [3.63, 3.8) is 0 Å². The molecule has 0 aliphatic carbocycles. The van der Waals surface area contributed by atoms with Gasteiger partial charge >= 0.3 is 0 Å². The van der Waals surface area contributed by atoms with E-state index in [1.807, 2.05) is 18.2 Å². The third kappa shape index (κ3) is 4.00. The molecule has 0 bridgehead atoms. The molecular weight excluding hydrogens is 340 g/mol. The standard InChI is InChI=1S/C22H26N2O3/c1-26-20-8-6-17(7-9-20)22-14-18-4-2-3-5-21(18)24(22)16-19(25)15-23-10-12-27-13-11-23/h2-9,14,19,25H,10-13,15-16H2,1H3/t19-/m1/s1. The van der Waals surface area contributed by atoms with Crippen LogP contribution in [-0.4, -0.2) is 60.6 Å². The highest BCUT2D eigenvalue weighted by Crippen LogP contribution is 2.29. The molecule has 1 atom stereocenters. The summed E-state index contributed by atoms with van der Waals surface area (Å²) in [7, 11) is 1.67. The predicted octanol–water partition coefficient (Wildman–Crippen LogP) is 3.01. The number of benzene rings is 2. The van der Waals surface area contributed by atoms with E-state index >= 15 is 0 Å². The number of aromatic nitrogens is 1. The predicted molar refractivity (Wildman–Crippen MR) is 107 cm³/mol. The van der Waals surface area contributed by atoms with Crippen LogP contribution in [0, 0.1) is 0 Å². The lowest BCUT2D eigenvalue weighted by molar-refractivity contribution is 0.0118. The Morgan fingerprint density at radius 3 is 2.52 bits per heavy atom. The highest BCUT2D eigenvalue weighted by molar-refractivity contribution is 5.87. The first-order chi connectivity index (χ1) is 13.2. The molecule has 2 aromatic carbocycles. The number of methoxy groups -OCH3 is 1. The highest BCUT2D eigenvalue weighted by Gasteiger charge is 2.18. The van der Waals surface area contributed by atoms with E-state index in [1.54, 1.807) is 7.11 Å². The van der Waals surface area contributed by atoms with Gasteiger partial charge in [0.1, 0.15) is 5.75 Å². The van der Waals surface area contributed by atoms with Crippen LogP contribution in [0.15, 0.2) is 54.6 Å². The molecule has 27 heavy (non-hydrogen) atoms. The van der Waals surface area contributed by atoms with Crippen LogP contribution in [0.5, 0.6) is 5.75 Å². The van der Waals surface area contributed by atoms with Crippen molar-refractivity contribution >= 4 is 10.9 Å². The van der Waals surface area contributed by atoms with Gasteiger partial charge in [-0.1, -0.05) is 18.2 Å². The molecule has 0 unspecified atom stereocenters. The fourth-order valence-corrected chi connectivity index (χ4v) is 3.76. The van der Waals surface area contributed by atoms with Crippen molar-refractivity contribution in [2.24, 2.45) is 0 Å². The lowest BCUT2D eigenvalue weighted by atomic mass is 10.1. The van der Waals surface area contributed by atoms with Crippen LogP contribution in [0.4, 0.5) is 0 Å². The summed E-state index contributed by atoms with van der Waals surface area (Å²) in [5.74, 6) is 0.841. The number of rotatable bonds is 6. The second-order valence-electron chi connectivity index (χ2n) is 6.99. The SMILES string of the molecule is COc1ccc(-c2cc3ccccc3n2C[C@H](O)CN2CCOCC2)cc1. The van der Waals surface area contributed by atoms with Gasteiger partial charge in [0.25, 0.3) is 0 Å². The highest BCUT2D eigenvalue weighted by atomic mass is 16.5. The molecule has 142 valence electrons. The van der Waals surface area contributed by atoms with Gasteiger partial charge in [-0.25, -0.2) is 0 Å². The zero-order chi connectivity index (χ0) is 18.6. The van der Waals surface area contributed by atoms with Crippen molar-refractivity contribution in [2.75, 3.05) is 40.0 Å². The van der Waals surface area contributed by atoms with Crippen molar-refractivity contribution in [3.8, 4) is 17.0 Å². The van der Waals surface area contributed by atoms with Gasteiger partial charge in [0.05, 0.1) is 33.0 Å². The van der Waals surface area contributed by atoms with Crippen molar-refractivity contribution in [3.05, 3.63) is 54.6 Å². The second-order valence-corrected chi connectivity index (χ2v) is 6.99. The first-order valence-corrected chi connectivity index (χ1v) is 9.45. The fourth-order valence-electron chi connectivity index (χ4n) is 3.76. The van der Waals surface area contributed by atoms with Crippen molar-refractivity contribution in [1.29, 1.82) is 0 Å². The number of β-amino-alcohol motifs (C(OH)–C–C–N with tert-alkyl or cyclic N) is 1. The van der Waals surface area contributed by atoms with Gasteiger partial charge in [-0.3, -0.25) is 4.90 Å². The molecule has 0 radical (unpaired) electrons. The first-order valence-electron chi connectivity index (χ1n) is 9.45. The Balaban J connectivity index is 1.63. The number of ether oxygens (including phenoxy) is 2. The van der Waals surface area contributed by atoms with E-state index in [4.69, 9.17) is 9.47 Å². The zero-order valence-electron chi connectivity index (χ0n) is 15.7. The molecule has 1 saturated heterocycles. The summed E-state index contributed by atoms with van der Waals surface area (Å²) in [4.78, 5) is 2.27. The third-order valence-corrected chi connectivity index (χ3v) is 5.16. The van der Waals surface area contributed by atoms with Crippen molar-refractivity contribution in [2.45, 2.75) is 12.6 Å². The number of aliphatic hydroxyl groups excluding tert-OH is 1. The van der Waals surface area contributed by atoms with Gasteiger partial charge < -0.3 is 19.1 Å². The molecule has 0 amide bonds. The molecular formula is C22H26N2O3. The normalized spacial score (nSPS) is 16.5. The molecule has 0 saturated carbocycles. The maximum Gasteiger partial charge on any atom is 0.118 e. The summed E-state index contributed by atoms with van der Waals surface area (Å²) < 4.78 is 12.9. The number of para-hydroxylation sites is 1. The van der Waals surface area contributed by atoms with Gasteiger partial charge in [-0.2, -0.15) is 0 Å². The van der Waals surface area contributed by atoms with E-state index in [1.165, 1.54) is 5.39 Å². The lowest BCUT2D eigenvalue weighted by Crippen LogP contribution is -2.42. The monoisotopic (exact) mass is 366 g/mol. The van der Waals surface area contributed by atoms with Gasteiger partial charge in [0.15, 0.2) is 0 Å². The second kappa shape index (κ2) is 8.13. The fraction of sp³-hybridized carbons (Fsp3) is 0.364. The van der Waals surface area contributed by atoms with Gasteiger partial charge in [0.2, 0.25) is 0 Å². The Kier molecular flexibility index (Phi) is 5.43. The average molecular weight is 366 g/mol. The third-order valence-electron chi connectivity index (χ3n) is 5.16. The summed E-state index contributed by atoms with van der Waals surface area (Å²) in [5.41, 5.74) is 3.37. The first kappa shape index (κ1) is 18.0. The largest absolute Gasteiger partial charge is 0.497 e. The molecule has 1 aliphatic rings. The molecule has 4 rings (SSSR count). The molecule has 1 aliphatic heterocycles. The number of fused-ring (bicyclic) bond motifs is 1. The number of aliphatic hydroxyl groups is 1. The van der Waals surface area contributed by atoms with E-state index in [9.17, 15) is 5.11 Å². The molecule has 1 fully saturated rings. The summed E-state index contributed by atoms with van der Waals surface area (Å²) in [6.07, 6.45) is -0.434. The van der Waals surface area contributed by atoms with Crippen LogP contribution in [0.3, 0.4) is 0 Å². The summed E-state index contributed by atoms with van der Waals surface area (Å²) in [6, 6.07) is 18.6. The average Bonchev–Trinajstić information content (AvgIpc) is 3.07.